The molecule has 0 aliphatic rings. The molecule has 15 aromatic carbocycles. The number of anilines is 6. The highest BCUT2D eigenvalue weighted by Crippen LogP contribution is 2.51. The van der Waals surface area contributed by atoms with E-state index in [-0.39, 0.29) is 0 Å². The number of thiophene rings is 2. The van der Waals surface area contributed by atoms with Gasteiger partial charge in [-0.1, -0.05) is 255 Å². The number of hydrogen-bond acceptors (Lipinski definition) is 6. The van der Waals surface area contributed by atoms with E-state index in [1.807, 2.05) is 22.7 Å². The van der Waals surface area contributed by atoms with Crippen molar-refractivity contribution in [3.63, 3.8) is 0 Å². The van der Waals surface area contributed by atoms with Crippen LogP contribution in [-0.2, 0) is 0 Å². The van der Waals surface area contributed by atoms with Crippen LogP contribution in [0.1, 0.15) is 0 Å². The molecule has 4 aromatic heterocycles. The van der Waals surface area contributed by atoms with E-state index in [0.29, 0.717) is 0 Å². The minimum absolute atomic E-state index is 0.833. The highest BCUT2D eigenvalue weighted by molar-refractivity contribution is 7.26. The Morgan fingerprint density at radius 1 is 0.219 bits per heavy atom. The van der Waals surface area contributed by atoms with E-state index in [1.165, 1.54) is 73.7 Å². The van der Waals surface area contributed by atoms with Crippen molar-refractivity contribution in [2.24, 2.45) is 0 Å². The summed E-state index contributed by atoms with van der Waals surface area (Å²) in [7, 11) is 0. The third kappa shape index (κ3) is 9.40. The van der Waals surface area contributed by atoms with Gasteiger partial charge in [0.15, 0.2) is 0 Å². The van der Waals surface area contributed by atoms with Crippen LogP contribution in [0.2, 0.25) is 0 Å². The van der Waals surface area contributed by atoms with Crippen LogP contribution in [0.4, 0.5) is 34.1 Å². The standard InChI is InChI=1S/C90H56N2O2S2/c1-5-19-57(20-6-1)59-39-44-66(45-40-59)91(79-35-17-37-81-86(79)77-33-14-29-70(88(77)93-81)61-23-9-3-10-24-61)68-48-51-74-73-50-43-64(54-83(73)95-84(74)55-68)63-27-13-28-65(53-63)71-30-15-34-78-87-80(36-18-38-82(87)94-89(71)78)92(67-46-41-60(42-47-67)58-21-7-2-8-22-58)69-49-52-75-76-32-16-31-72(62-25-11-4-12-26-62)90(76)96-85(75)56-69/h1-56H. The maximum absolute atomic E-state index is 7.11. The molecule has 19 aromatic rings. The molecular weight excluding hydrogens is 1210 g/mol. The van der Waals surface area contributed by atoms with Gasteiger partial charge in [-0.3, -0.25) is 0 Å². The molecule has 0 spiro atoms. The second kappa shape index (κ2) is 22.9. The highest BCUT2D eigenvalue weighted by atomic mass is 32.1. The Labute approximate surface area is 562 Å². The second-order valence-corrected chi connectivity index (χ2v) is 26.8. The van der Waals surface area contributed by atoms with Gasteiger partial charge in [0.05, 0.1) is 22.1 Å². The molecule has 0 unspecified atom stereocenters. The van der Waals surface area contributed by atoms with Crippen LogP contribution in [0.15, 0.2) is 349 Å². The van der Waals surface area contributed by atoms with Crippen molar-refractivity contribution in [1.82, 2.24) is 0 Å². The summed E-state index contributed by atoms with van der Waals surface area (Å²) in [5.74, 6) is 0. The van der Waals surface area contributed by atoms with Crippen LogP contribution < -0.4 is 9.80 Å². The number of hydrogen-bond donors (Lipinski definition) is 0. The zero-order valence-corrected chi connectivity index (χ0v) is 53.5. The lowest BCUT2D eigenvalue weighted by Gasteiger charge is -2.26. The molecule has 0 aliphatic heterocycles. The summed E-state index contributed by atoms with van der Waals surface area (Å²) in [4.78, 5) is 4.82. The van der Waals surface area contributed by atoms with Gasteiger partial charge < -0.3 is 18.6 Å². The molecule has 0 aliphatic carbocycles. The van der Waals surface area contributed by atoms with Crippen molar-refractivity contribution in [3.05, 3.63) is 340 Å². The molecule has 0 radical (unpaired) electrons. The van der Waals surface area contributed by atoms with Gasteiger partial charge in [0.2, 0.25) is 0 Å². The number of fused-ring (bicyclic) bond motifs is 12. The molecule has 0 fully saturated rings. The van der Waals surface area contributed by atoms with Crippen LogP contribution in [-0.4, -0.2) is 0 Å². The van der Waals surface area contributed by atoms with Crippen molar-refractivity contribution < 1.29 is 8.83 Å². The predicted molar refractivity (Wildman–Crippen MR) is 409 cm³/mol. The first-order chi connectivity index (χ1) is 47.6. The minimum atomic E-state index is 0.833. The van der Waals surface area contributed by atoms with Crippen LogP contribution in [0.3, 0.4) is 0 Å². The number of para-hydroxylation sites is 2. The maximum Gasteiger partial charge on any atom is 0.143 e. The Balaban J connectivity index is 0.697. The maximum atomic E-state index is 7.11. The molecule has 4 heterocycles. The van der Waals surface area contributed by atoms with Crippen molar-refractivity contribution >= 4 is 141 Å². The summed E-state index contributed by atoms with van der Waals surface area (Å²) in [6.45, 7) is 0. The fraction of sp³-hybridized carbons (Fsp3) is 0. The molecule has 450 valence electrons. The number of rotatable bonds is 12. The molecule has 0 saturated heterocycles. The quantitative estimate of drug-likeness (QED) is 0.122. The van der Waals surface area contributed by atoms with Crippen molar-refractivity contribution in [1.29, 1.82) is 0 Å². The fourth-order valence-corrected chi connectivity index (χ4v) is 17.0. The Morgan fingerprint density at radius 2 is 0.583 bits per heavy atom. The summed E-state index contributed by atoms with van der Waals surface area (Å²) in [6.07, 6.45) is 0. The van der Waals surface area contributed by atoms with Gasteiger partial charge in [-0.2, -0.15) is 0 Å². The van der Waals surface area contributed by atoms with E-state index in [4.69, 9.17) is 8.83 Å². The lowest BCUT2D eigenvalue weighted by Crippen LogP contribution is -2.10. The Bertz CT molecular complexity index is 6190. The molecule has 0 amide bonds. The predicted octanol–water partition coefficient (Wildman–Crippen LogP) is 27.2. The van der Waals surface area contributed by atoms with Gasteiger partial charge >= 0.3 is 0 Å². The summed E-state index contributed by atoms with van der Waals surface area (Å²) in [6, 6.07) is 123. The van der Waals surface area contributed by atoms with E-state index in [2.05, 4.69) is 350 Å². The molecule has 4 nitrogen and oxygen atoms in total. The van der Waals surface area contributed by atoms with Gasteiger partial charge in [-0.15, -0.1) is 22.7 Å². The van der Waals surface area contributed by atoms with Crippen molar-refractivity contribution in [3.8, 4) is 66.8 Å². The van der Waals surface area contributed by atoms with Crippen molar-refractivity contribution in [2.45, 2.75) is 0 Å². The molecule has 96 heavy (non-hydrogen) atoms. The van der Waals surface area contributed by atoms with Crippen LogP contribution in [0.5, 0.6) is 0 Å². The van der Waals surface area contributed by atoms with E-state index < -0.39 is 0 Å². The van der Waals surface area contributed by atoms with Crippen LogP contribution in [0.25, 0.3) is 151 Å². The zero-order chi connectivity index (χ0) is 63.2. The minimum Gasteiger partial charge on any atom is -0.455 e. The summed E-state index contributed by atoms with van der Waals surface area (Å²) in [5.41, 5.74) is 23.6. The third-order valence-corrected chi connectivity index (χ3v) is 21.4. The smallest absolute Gasteiger partial charge is 0.143 e. The molecule has 0 N–H and O–H groups in total. The molecule has 0 atom stereocenters. The van der Waals surface area contributed by atoms with Gasteiger partial charge in [-0.05, 0) is 141 Å². The average Bonchev–Trinajstić information content (AvgIpc) is 1.55. The fourth-order valence-electron chi connectivity index (χ4n) is 14.5. The van der Waals surface area contributed by atoms with E-state index in [9.17, 15) is 0 Å². The second-order valence-electron chi connectivity index (χ2n) is 24.6. The van der Waals surface area contributed by atoms with Gasteiger partial charge in [0.1, 0.15) is 22.3 Å². The molecule has 0 saturated carbocycles. The molecule has 6 heteroatoms. The Kier molecular flexibility index (Phi) is 13.3. The molecular formula is C90H56N2O2S2. The first kappa shape index (κ1) is 55.6. The molecule has 0 bridgehead atoms. The summed E-state index contributed by atoms with van der Waals surface area (Å²) >= 11 is 3.71. The summed E-state index contributed by atoms with van der Waals surface area (Å²) < 4.78 is 18.9. The number of furan rings is 2. The number of benzene rings is 15. The van der Waals surface area contributed by atoms with E-state index in [0.717, 1.165) is 111 Å². The Morgan fingerprint density at radius 3 is 1.12 bits per heavy atom. The SMILES string of the molecule is c1ccc(-c2ccc(N(c3ccc4c(c3)sc3cc(-c5cccc(-c6cccc7c6oc6cccc(N(c8ccc(-c9ccccc9)cc8)c8ccc9c(c8)sc8c(-c%10ccccc%10)cccc89)c67)c5)ccc34)c3cccc4oc5c(-c6ccccc6)cccc5c34)cc2)cc1. The van der Waals surface area contributed by atoms with Gasteiger partial charge in [0.25, 0.3) is 0 Å². The highest BCUT2D eigenvalue weighted by Gasteiger charge is 2.25. The monoisotopic (exact) mass is 1260 g/mol. The van der Waals surface area contributed by atoms with Gasteiger partial charge in [-0.25, -0.2) is 0 Å². The van der Waals surface area contributed by atoms with Crippen molar-refractivity contribution in [2.75, 3.05) is 9.80 Å². The van der Waals surface area contributed by atoms with E-state index >= 15 is 0 Å². The zero-order valence-electron chi connectivity index (χ0n) is 51.9. The topological polar surface area (TPSA) is 32.8 Å². The van der Waals surface area contributed by atoms with Gasteiger partial charge in [0, 0.05) is 85.0 Å². The third-order valence-electron chi connectivity index (χ3n) is 19.1. The number of nitrogens with zero attached hydrogens (tertiary/aromatic N) is 2. The normalized spacial score (nSPS) is 11.8. The lowest BCUT2D eigenvalue weighted by atomic mass is 9.97. The van der Waals surface area contributed by atoms with E-state index in [1.54, 1.807) is 0 Å². The lowest BCUT2D eigenvalue weighted by molar-refractivity contribution is 0.669. The molecule has 19 rings (SSSR count). The average molecular weight is 1260 g/mol. The largest absolute Gasteiger partial charge is 0.455 e. The summed E-state index contributed by atoms with van der Waals surface area (Å²) in [5, 5.41) is 9.27. The van der Waals surface area contributed by atoms with Crippen LogP contribution >= 0.6 is 22.7 Å². The first-order valence-electron chi connectivity index (χ1n) is 32.5. The first-order valence-corrected chi connectivity index (χ1v) is 34.1. The van der Waals surface area contributed by atoms with Crippen LogP contribution in [0, 0.1) is 0 Å². The Hall–Kier alpha value is -12.1.